The number of hydrogen-bond acceptors (Lipinski definition) is 7. The number of nitrogens with zero attached hydrogens (tertiary/aromatic N) is 2. The van der Waals surface area contributed by atoms with Crippen LogP contribution in [0, 0.1) is 0 Å². The third kappa shape index (κ3) is 4.11. The molecule has 0 radical (unpaired) electrons. The lowest BCUT2D eigenvalue weighted by molar-refractivity contribution is 0.0970. The summed E-state index contributed by atoms with van der Waals surface area (Å²) in [4.78, 5) is 14.4. The number of carbonyl (C=O) groups excluding carboxylic acids is 1. The number of nitrogens with two attached hydrogens (primary N) is 3. The van der Waals surface area contributed by atoms with Crippen LogP contribution in [0.4, 0.5) is 4.79 Å². The van der Waals surface area contributed by atoms with E-state index in [1.54, 1.807) is 11.8 Å². The highest BCUT2D eigenvalue weighted by Gasteiger charge is 2.27. The number of likely N-dealkylation sites (tertiary alicyclic amines) is 1. The highest BCUT2D eigenvalue weighted by Crippen LogP contribution is 2.34. The maximum atomic E-state index is 11.8. The molecule has 0 unspecified atom stereocenters. The number of piperidine rings is 1. The molecular weight excluding hydrogens is 328 g/mol. The molecule has 9 heteroatoms. The van der Waals surface area contributed by atoms with Gasteiger partial charge in [0, 0.05) is 23.5 Å². The molecule has 0 atom stereocenters. The van der Waals surface area contributed by atoms with Crippen LogP contribution >= 0.6 is 11.9 Å². The van der Waals surface area contributed by atoms with Crippen LogP contribution in [0.1, 0.15) is 36.8 Å². The monoisotopic (exact) mass is 352 g/mol. The Kier molecular flexibility index (Phi) is 6.71. The number of carbonyl (C=O) groups is 1. The van der Waals surface area contributed by atoms with Gasteiger partial charge in [0.05, 0.1) is 6.61 Å². The second kappa shape index (κ2) is 8.76. The molecule has 0 aliphatic carbocycles. The van der Waals surface area contributed by atoms with Crippen LogP contribution in [0.2, 0.25) is 0 Å². The van der Waals surface area contributed by atoms with Gasteiger partial charge in [-0.3, -0.25) is 5.14 Å². The van der Waals surface area contributed by atoms with Gasteiger partial charge in [-0.05, 0) is 49.3 Å². The van der Waals surface area contributed by atoms with Crippen molar-refractivity contribution in [2.45, 2.75) is 30.6 Å². The Morgan fingerprint density at radius 1 is 1.46 bits per heavy atom. The molecule has 2 rings (SSSR count). The molecule has 132 valence electrons. The van der Waals surface area contributed by atoms with Gasteiger partial charge in [-0.25, -0.2) is 16.2 Å². The molecule has 1 amide bonds. The number of nitrogens with one attached hydrogen (secondary N) is 1. The number of rotatable bonds is 5. The average molecular weight is 352 g/mol. The van der Waals surface area contributed by atoms with Crippen LogP contribution in [0.25, 0.3) is 0 Å². The van der Waals surface area contributed by atoms with Crippen LogP contribution in [0.5, 0.6) is 0 Å². The Morgan fingerprint density at radius 2 is 2.17 bits per heavy atom. The van der Waals surface area contributed by atoms with Crippen LogP contribution in [0.3, 0.4) is 0 Å². The summed E-state index contributed by atoms with van der Waals surface area (Å²) in [5, 5.41) is 9.66. The SMILES string of the molecule is CCOC(=O)N1CCC(c2cccc(SN)c2/C(N)=N/NN)CC1. The van der Waals surface area contributed by atoms with Crippen molar-refractivity contribution in [1.82, 2.24) is 10.4 Å². The summed E-state index contributed by atoms with van der Waals surface area (Å²) >= 11 is 1.13. The minimum atomic E-state index is -0.254. The van der Waals surface area contributed by atoms with Crippen molar-refractivity contribution in [3.63, 3.8) is 0 Å². The number of amides is 1. The van der Waals surface area contributed by atoms with E-state index in [-0.39, 0.29) is 12.0 Å². The molecule has 1 aromatic carbocycles. The Balaban J connectivity index is 2.21. The van der Waals surface area contributed by atoms with Gasteiger partial charge in [0.25, 0.3) is 0 Å². The number of hydrazine groups is 1. The summed E-state index contributed by atoms with van der Waals surface area (Å²) in [6.07, 6.45) is 1.40. The first-order valence-corrected chi connectivity index (χ1v) is 8.70. The Hall–Kier alpha value is -1.97. The summed E-state index contributed by atoms with van der Waals surface area (Å²) in [5.74, 6) is 5.82. The second-order valence-corrected chi connectivity index (χ2v) is 6.10. The molecule has 0 spiro atoms. The zero-order chi connectivity index (χ0) is 17.5. The lowest BCUT2D eigenvalue weighted by Gasteiger charge is -2.32. The standard InChI is InChI=1S/C15H24N6O2S/c1-2-23-15(22)21-8-6-10(7-9-21)11-4-3-5-12(24-18)13(11)14(16)19-20-17/h3-5,10,20H,2,6-9,17-18H2,1H3,(H2,16,19). The van der Waals surface area contributed by atoms with Gasteiger partial charge in [0.2, 0.25) is 0 Å². The number of amidine groups is 1. The van der Waals surface area contributed by atoms with E-state index in [0.717, 1.165) is 40.8 Å². The first kappa shape index (κ1) is 18.4. The summed E-state index contributed by atoms with van der Waals surface area (Å²) in [7, 11) is 0. The molecule has 1 aliphatic heterocycles. The van der Waals surface area contributed by atoms with Gasteiger partial charge >= 0.3 is 6.09 Å². The largest absolute Gasteiger partial charge is 0.450 e. The van der Waals surface area contributed by atoms with Crippen molar-refractivity contribution in [3.8, 4) is 0 Å². The summed E-state index contributed by atoms with van der Waals surface area (Å²) in [6.45, 7) is 3.49. The molecule has 0 bridgehead atoms. The van der Waals surface area contributed by atoms with Crippen LogP contribution in [-0.2, 0) is 4.74 Å². The van der Waals surface area contributed by atoms with Gasteiger partial charge in [-0.2, -0.15) is 0 Å². The average Bonchev–Trinajstić information content (AvgIpc) is 2.61. The lowest BCUT2D eigenvalue weighted by Crippen LogP contribution is -2.38. The smallest absolute Gasteiger partial charge is 0.409 e. The van der Waals surface area contributed by atoms with Crippen molar-refractivity contribution in [2.24, 2.45) is 21.8 Å². The first-order valence-electron chi connectivity index (χ1n) is 7.82. The maximum absolute atomic E-state index is 11.8. The maximum Gasteiger partial charge on any atom is 0.409 e. The molecule has 1 fully saturated rings. The minimum Gasteiger partial charge on any atom is -0.450 e. The lowest BCUT2D eigenvalue weighted by atomic mass is 9.86. The zero-order valence-corrected chi connectivity index (χ0v) is 14.5. The number of benzene rings is 1. The van der Waals surface area contributed by atoms with E-state index in [9.17, 15) is 4.79 Å². The Labute approximate surface area is 145 Å². The highest BCUT2D eigenvalue weighted by molar-refractivity contribution is 7.97. The fraction of sp³-hybridized carbons (Fsp3) is 0.467. The van der Waals surface area contributed by atoms with Crippen molar-refractivity contribution in [1.29, 1.82) is 0 Å². The van der Waals surface area contributed by atoms with E-state index in [1.165, 1.54) is 0 Å². The van der Waals surface area contributed by atoms with Gasteiger partial charge < -0.3 is 15.4 Å². The van der Waals surface area contributed by atoms with Crippen LogP contribution in [-0.4, -0.2) is 36.5 Å². The number of ether oxygens (including phenoxy) is 1. The minimum absolute atomic E-state index is 0.254. The quantitative estimate of drug-likeness (QED) is 0.205. The molecular formula is C15H24N6O2S. The van der Waals surface area contributed by atoms with E-state index in [1.807, 2.05) is 18.2 Å². The van der Waals surface area contributed by atoms with E-state index >= 15 is 0 Å². The van der Waals surface area contributed by atoms with Gasteiger partial charge in [-0.15, -0.1) is 5.10 Å². The fourth-order valence-corrected chi connectivity index (χ4v) is 3.47. The first-order chi connectivity index (χ1) is 11.6. The van der Waals surface area contributed by atoms with Crippen LogP contribution < -0.4 is 22.3 Å². The van der Waals surface area contributed by atoms with Crippen molar-refractivity contribution in [3.05, 3.63) is 29.3 Å². The van der Waals surface area contributed by atoms with Crippen molar-refractivity contribution < 1.29 is 9.53 Å². The van der Waals surface area contributed by atoms with E-state index in [0.29, 0.717) is 25.5 Å². The molecule has 24 heavy (non-hydrogen) atoms. The fourth-order valence-electron chi connectivity index (χ4n) is 2.97. The summed E-state index contributed by atoms with van der Waals surface area (Å²) in [5.41, 5.74) is 10.2. The highest BCUT2D eigenvalue weighted by atomic mass is 32.2. The van der Waals surface area contributed by atoms with Gasteiger partial charge in [0.15, 0.2) is 5.84 Å². The van der Waals surface area contributed by atoms with Crippen LogP contribution in [0.15, 0.2) is 28.2 Å². The van der Waals surface area contributed by atoms with Crippen molar-refractivity contribution >= 4 is 23.9 Å². The predicted molar refractivity (Wildman–Crippen MR) is 95.1 cm³/mol. The predicted octanol–water partition coefficient (Wildman–Crippen LogP) is 1.07. The summed E-state index contributed by atoms with van der Waals surface area (Å²) < 4.78 is 5.06. The normalized spacial score (nSPS) is 16.1. The third-order valence-corrected chi connectivity index (χ3v) is 4.68. The number of hydrazone groups is 1. The van der Waals surface area contributed by atoms with Gasteiger partial charge in [-0.1, -0.05) is 12.1 Å². The third-order valence-electron chi connectivity index (χ3n) is 4.09. The second-order valence-electron chi connectivity index (χ2n) is 5.42. The van der Waals surface area contributed by atoms with Gasteiger partial charge in [0.1, 0.15) is 0 Å². The molecule has 1 aromatic rings. The zero-order valence-electron chi connectivity index (χ0n) is 13.7. The summed E-state index contributed by atoms with van der Waals surface area (Å²) in [6, 6.07) is 5.88. The molecule has 0 saturated carbocycles. The van der Waals surface area contributed by atoms with E-state index < -0.39 is 0 Å². The molecule has 1 heterocycles. The Bertz CT molecular complexity index is 602. The number of hydrogen-bond donors (Lipinski definition) is 4. The molecule has 1 aliphatic rings. The topological polar surface area (TPSA) is 132 Å². The molecule has 1 saturated heterocycles. The van der Waals surface area contributed by atoms with Crippen molar-refractivity contribution in [2.75, 3.05) is 19.7 Å². The van der Waals surface area contributed by atoms with E-state index in [2.05, 4.69) is 10.6 Å². The molecule has 0 aromatic heterocycles. The van der Waals surface area contributed by atoms with E-state index in [4.69, 9.17) is 21.5 Å². The Morgan fingerprint density at radius 3 is 2.75 bits per heavy atom. The molecule has 8 nitrogen and oxygen atoms in total. The molecule has 7 N–H and O–H groups in total.